The maximum Gasteiger partial charge on any atom is 0.233 e. The molecule has 0 spiro atoms. The van der Waals surface area contributed by atoms with Crippen LogP contribution in [0, 0.1) is 13.8 Å². The van der Waals surface area contributed by atoms with Crippen molar-refractivity contribution in [1.82, 2.24) is 4.57 Å². The van der Waals surface area contributed by atoms with Crippen molar-refractivity contribution in [3.05, 3.63) is 94.8 Å². The Labute approximate surface area is 171 Å². The van der Waals surface area contributed by atoms with E-state index in [9.17, 15) is 0 Å². The molecule has 4 heteroatoms. The zero-order valence-electron chi connectivity index (χ0n) is 16.5. The average molecular weight is 391 g/mol. The fourth-order valence-corrected chi connectivity index (χ4v) is 4.37. The van der Waals surface area contributed by atoms with Crippen LogP contribution in [0.4, 0.5) is 0 Å². The van der Waals surface area contributed by atoms with Gasteiger partial charge in [-0.25, -0.2) is 4.99 Å². The molecule has 0 radical (unpaired) electrons. The Kier molecular flexibility index (Phi) is 5.87. The minimum atomic E-state index is 0.229. The van der Waals surface area contributed by atoms with E-state index in [1.807, 2.05) is 11.8 Å². The summed E-state index contributed by atoms with van der Waals surface area (Å²) in [5, 5.41) is 0. The molecule has 1 atom stereocenters. The van der Waals surface area contributed by atoms with E-state index in [2.05, 4.69) is 85.3 Å². The smallest absolute Gasteiger partial charge is 0.233 e. The van der Waals surface area contributed by atoms with Gasteiger partial charge < -0.3 is 9.30 Å². The fourth-order valence-electron chi connectivity index (χ4n) is 3.39. The quantitative estimate of drug-likeness (QED) is 0.552. The molecule has 4 rings (SSSR count). The third-order valence-electron chi connectivity index (χ3n) is 4.90. The van der Waals surface area contributed by atoms with Gasteiger partial charge >= 0.3 is 0 Å². The van der Waals surface area contributed by atoms with Crippen LogP contribution in [0.25, 0.3) is 0 Å². The lowest BCUT2D eigenvalue weighted by molar-refractivity contribution is 0.323. The van der Waals surface area contributed by atoms with Gasteiger partial charge in [-0.2, -0.15) is 11.8 Å². The summed E-state index contributed by atoms with van der Waals surface area (Å²) in [6.45, 7) is 5.76. The number of benzene rings is 2. The van der Waals surface area contributed by atoms with Gasteiger partial charge in [0.15, 0.2) is 0 Å². The third-order valence-corrected chi connectivity index (χ3v) is 6.05. The van der Waals surface area contributed by atoms with Gasteiger partial charge in [0.25, 0.3) is 0 Å². The summed E-state index contributed by atoms with van der Waals surface area (Å²) in [5.74, 6) is 2.78. The number of hydrogen-bond donors (Lipinski definition) is 0. The minimum Gasteiger partial charge on any atom is -0.474 e. The van der Waals surface area contributed by atoms with Crippen molar-refractivity contribution in [2.24, 2.45) is 4.99 Å². The number of rotatable bonds is 7. The van der Waals surface area contributed by atoms with Crippen molar-refractivity contribution in [3.8, 4) is 0 Å². The van der Waals surface area contributed by atoms with Gasteiger partial charge in [0.05, 0.1) is 6.04 Å². The monoisotopic (exact) mass is 390 g/mol. The first-order valence-corrected chi connectivity index (χ1v) is 10.9. The van der Waals surface area contributed by atoms with E-state index in [0.717, 1.165) is 29.6 Å². The highest BCUT2D eigenvalue weighted by atomic mass is 32.2. The van der Waals surface area contributed by atoms with Crippen LogP contribution in [0.3, 0.4) is 0 Å². The van der Waals surface area contributed by atoms with Gasteiger partial charge in [-0.3, -0.25) is 0 Å². The van der Waals surface area contributed by atoms with Crippen LogP contribution in [0.15, 0.2) is 71.9 Å². The lowest BCUT2D eigenvalue weighted by atomic mass is 10.1. The number of ether oxygens (including phenoxy) is 1. The number of hydrogen-bond acceptors (Lipinski definition) is 3. The second-order valence-corrected chi connectivity index (χ2v) is 8.44. The first kappa shape index (κ1) is 18.9. The molecule has 144 valence electrons. The lowest BCUT2D eigenvalue weighted by Gasteiger charge is -2.09. The molecule has 0 N–H and O–H groups in total. The molecule has 0 saturated carbocycles. The first-order valence-electron chi connectivity index (χ1n) is 9.72. The van der Waals surface area contributed by atoms with Gasteiger partial charge in [0.1, 0.15) is 12.3 Å². The molecule has 2 heterocycles. The predicted molar refractivity (Wildman–Crippen MR) is 118 cm³/mol. The van der Waals surface area contributed by atoms with E-state index in [-0.39, 0.29) is 6.04 Å². The Morgan fingerprint density at radius 3 is 2.68 bits per heavy atom. The molecule has 1 aliphatic rings. The van der Waals surface area contributed by atoms with Gasteiger partial charge in [0, 0.05) is 24.2 Å². The highest BCUT2D eigenvalue weighted by Crippen LogP contribution is 2.20. The van der Waals surface area contributed by atoms with E-state index in [1.54, 1.807) is 0 Å². The molecule has 0 aliphatic carbocycles. The van der Waals surface area contributed by atoms with E-state index in [0.29, 0.717) is 6.61 Å². The molecule has 1 aliphatic heterocycles. The summed E-state index contributed by atoms with van der Waals surface area (Å²) in [6, 6.07) is 21.8. The Bertz CT molecular complexity index is 959. The van der Waals surface area contributed by atoms with Crippen molar-refractivity contribution in [2.45, 2.75) is 32.2 Å². The van der Waals surface area contributed by atoms with Crippen LogP contribution >= 0.6 is 11.8 Å². The van der Waals surface area contributed by atoms with Crippen molar-refractivity contribution in [3.63, 3.8) is 0 Å². The van der Waals surface area contributed by atoms with E-state index >= 15 is 0 Å². The number of aryl methyl sites for hydroxylation is 2. The molecular formula is C24H26N2OS. The number of aliphatic imine (C=N–C) groups is 1. The maximum atomic E-state index is 5.95. The Balaban J connectivity index is 1.36. The van der Waals surface area contributed by atoms with Crippen LogP contribution in [0.5, 0.6) is 0 Å². The second kappa shape index (κ2) is 8.70. The zero-order valence-corrected chi connectivity index (χ0v) is 17.3. The zero-order chi connectivity index (χ0) is 19.3. The normalized spacial score (nSPS) is 16.1. The number of nitrogens with zero attached hydrogens (tertiary/aromatic N) is 2. The van der Waals surface area contributed by atoms with Crippen molar-refractivity contribution in [2.75, 3.05) is 12.4 Å². The van der Waals surface area contributed by atoms with Gasteiger partial charge in [-0.1, -0.05) is 59.7 Å². The van der Waals surface area contributed by atoms with Crippen LogP contribution in [-0.2, 0) is 17.0 Å². The summed E-state index contributed by atoms with van der Waals surface area (Å²) in [6.07, 6.45) is 2.10. The van der Waals surface area contributed by atoms with E-state index in [1.165, 1.54) is 22.3 Å². The molecule has 3 nitrogen and oxygen atoms in total. The molecule has 0 unspecified atom stereocenters. The maximum absolute atomic E-state index is 5.95. The van der Waals surface area contributed by atoms with E-state index in [4.69, 9.17) is 9.73 Å². The first-order chi connectivity index (χ1) is 13.7. The Morgan fingerprint density at radius 1 is 1.00 bits per heavy atom. The van der Waals surface area contributed by atoms with Crippen LogP contribution in [0.1, 0.15) is 27.9 Å². The minimum absolute atomic E-state index is 0.229. The highest BCUT2D eigenvalue weighted by molar-refractivity contribution is 7.98. The van der Waals surface area contributed by atoms with Gasteiger partial charge in [0.2, 0.25) is 5.90 Å². The summed E-state index contributed by atoms with van der Waals surface area (Å²) < 4.78 is 8.16. The number of thioether (sulfide) groups is 1. The molecule has 28 heavy (non-hydrogen) atoms. The van der Waals surface area contributed by atoms with Crippen molar-refractivity contribution >= 4 is 17.7 Å². The van der Waals surface area contributed by atoms with Crippen LogP contribution in [-0.4, -0.2) is 28.9 Å². The summed E-state index contributed by atoms with van der Waals surface area (Å²) in [4.78, 5) is 4.85. The molecule has 2 aromatic carbocycles. The molecule has 3 aromatic rings. The molecule has 1 aromatic heterocycles. The summed E-state index contributed by atoms with van der Waals surface area (Å²) in [7, 11) is 0. The SMILES string of the molecule is Cc1ccc(Cn2cccc2C2=N[C@H](CSCc3cccc(C)c3)CO2)cc1. The standard InChI is InChI=1S/C24H26N2OS/c1-18-8-10-20(11-9-18)14-26-12-4-7-23(26)24-25-22(15-27-24)17-28-16-21-6-3-5-19(2)13-21/h3-13,22H,14-17H2,1-2H3/t22-/m0/s1. The molecule has 0 fully saturated rings. The largest absolute Gasteiger partial charge is 0.474 e. The van der Waals surface area contributed by atoms with Crippen molar-refractivity contribution in [1.29, 1.82) is 0 Å². The number of aromatic nitrogens is 1. The van der Waals surface area contributed by atoms with Crippen LogP contribution < -0.4 is 0 Å². The summed E-state index contributed by atoms with van der Waals surface area (Å²) >= 11 is 1.93. The van der Waals surface area contributed by atoms with Crippen molar-refractivity contribution < 1.29 is 4.74 Å². The Hall–Kier alpha value is -2.46. The fraction of sp³-hybridized carbons (Fsp3) is 0.292. The Morgan fingerprint density at radius 2 is 1.86 bits per heavy atom. The average Bonchev–Trinajstić information content (AvgIpc) is 3.33. The van der Waals surface area contributed by atoms with Gasteiger partial charge in [-0.15, -0.1) is 0 Å². The highest BCUT2D eigenvalue weighted by Gasteiger charge is 2.22. The van der Waals surface area contributed by atoms with Crippen LogP contribution in [0.2, 0.25) is 0 Å². The molecule has 0 amide bonds. The molecule has 0 bridgehead atoms. The van der Waals surface area contributed by atoms with E-state index < -0.39 is 0 Å². The summed E-state index contributed by atoms with van der Waals surface area (Å²) in [5.41, 5.74) is 6.32. The topological polar surface area (TPSA) is 26.5 Å². The van der Waals surface area contributed by atoms with Gasteiger partial charge in [-0.05, 0) is 37.1 Å². The molecular weight excluding hydrogens is 364 g/mol. The lowest BCUT2D eigenvalue weighted by Crippen LogP contribution is -2.11. The molecule has 0 saturated heterocycles. The second-order valence-electron chi connectivity index (χ2n) is 7.41. The predicted octanol–water partition coefficient (Wildman–Crippen LogP) is 5.23. The third kappa shape index (κ3) is 4.68.